The lowest BCUT2D eigenvalue weighted by Gasteiger charge is -1.88. The first-order valence-corrected chi connectivity index (χ1v) is 2.07. The predicted octanol–water partition coefficient (Wildman–Crippen LogP) is -0.497. The molecule has 0 aromatic heterocycles. The van der Waals surface area contributed by atoms with Gasteiger partial charge in [0.2, 0.25) is 0 Å². The van der Waals surface area contributed by atoms with Gasteiger partial charge in [-0.05, 0) is 0 Å². The highest BCUT2D eigenvalue weighted by Gasteiger charge is 1.96. The summed E-state index contributed by atoms with van der Waals surface area (Å²) in [6.07, 6.45) is 6.24. The molecule has 0 saturated carbocycles. The zero-order chi connectivity index (χ0) is 6.41. The fourth-order valence-electron chi connectivity index (χ4n) is 0.208. The Kier molecular flexibility index (Phi) is 3.63. The summed E-state index contributed by atoms with van der Waals surface area (Å²) in [4.78, 5) is 10.1. The molecule has 0 heterocycles. The van der Waals surface area contributed by atoms with Crippen LogP contribution >= 0.6 is 0 Å². The summed E-state index contributed by atoms with van der Waals surface area (Å²) in [6, 6.07) is 0. The van der Waals surface area contributed by atoms with Gasteiger partial charge in [-0.1, -0.05) is 6.42 Å². The topological polar surface area (TPSA) is 46.5 Å². The number of aliphatic hydroxyl groups excluding tert-OH is 1. The molecule has 0 rings (SSSR count). The lowest BCUT2D eigenvalue weighted by atomic mass is 10.5. The molecule has 0 aliphatic carbocycles. The smallest absolute Gasteiger partial charge is 0.322 e. The summed E-state index contributed by atoms with van der Waals surface area (Å²) in [5.74, 6) is -0.574. The number of terminal acetylenes is 1. The van der Waals surface area contributed by atoms with E-state index in [2.05, 4.69) is 11.2 Å². The number of rotatable bonds is 2. The largest absolute Gasteiger partial charge is 0.396 e. The van der Waals surface area contributed by atoms with Crippen LogP contribution in [-0.2, 0) is 9.53 Å². The quantitative estimate of drug-likeness (QED) is 0.389. The Morgan fingerprint density at radius 1 is 1.88 bits per heavy atom. The Morgan fingerprint density at radius 2 is 2.50 bits per heavy atom. The predicted molar refractivity (Wildman–Crippen MR) is 26.6 cm³/mol. The lowest BCUT2D eigenvalue weighted by Crippen LogP contribution is -2.01. The van der Waals surface area contributed by atoms with Crippen molar-refractivity contribution in [3.8, 4) is 12.5 Å². The van der Waals surface area contributed by atoms with Crippen LogP contribution in [0.2, 0.25) is 0 Å². The lowest BCUT2D eigenvalue weighted by molar-refractivity contribution is -0.137. The maximum absolute atomic E-state index is 10.1. The molecule has 0 unspecified atom stereocenters. The molecule has 8 heavy (non-hydrogen) atoms. The van der Waals surface area contributed by atoms with Crippen LogP contribution in [0.25, 0.3) is 0 Å². The molecule has 3 heteroatoms. The minimum atomic E-state index is -0.574. The Hall–Kier alpha value is -1.01. The summed E-state index contributed by atoms with van der Waals surface area (Å²) in [5.41, 5.74) is 0. The van der Waals surface area contributed by atoms with Crippen LogP contribution in [0.1, 0.15) is 6.42 Å². The van der Waals surface area contributed by atoms with E-state index in [4.69, 9.17) is 5.11 Å². The zero-order valence-electron chi connectivity index (χ0n) is 4.26. The van der Waals surface area contributed by atoms with Crippen LogP contribution in [0.5, 0.6) is 0 Å². The average molecular weight is 114 g/mol. The maximum Gasteiger partial charge on any atom is 0.322 e. The number of hydrogen-bond donors (Lipinski definition) is 1. The molecule has 0 atom stereocenters. The van der Waals surface area contributed by atoms with Gasteiger partial charge in [-0.25, -0.2) is 0 Å². The first-order valence-electron chi connectivity index (χ1n) is 2.07. The number of ether oxygens (including phenoxy) is 1. The highest BCUT2D eigenvalue weighted by Crippen LogP contribution is 1.80. The summed E-state index contributed by atoms with van der Waals surface area (Å²) in [6.45, 7) is -0.222. The summed E-state index contributed by atoms with van der Waals surface area (Å²) >= 11 is 0. The molecule has 0 aliphatic heterocycles. The fourth-order valence-corrected chi connectivity index (χ4v) is 0.208. The van der Waals surface area contributed by atoms with Crippen LogP contribution in [0, 0.1) is 12.5 Å². The number of carbonyl (C=O) groups is 1. The Morgan fingerprint density at radius 3 is 2.88 bits per heavy atom. The van der Waals surface area contributed by atoms with Crippen LogP contribution in [0.15, 0.2) is 0 Å². The van der Waals surface area contributed by atoms with E-state index in [-0.39, 0.29) is 13.0 Å². The van der Waals surface area contributed by atoms with E-state index in [1.807, 2.05) is 0 Å². The van der Waals surface area contributed by atoms with E-state index in [1.54, 1.807) is 6.11 Å². The third-order valence-electron chi connectivity index (χ3n) is 0.489. The molecule has 1 N–H and O–H groups in total. The van der Waals surface area contributed by atoms with Gasteiger partial charge in [-0.2, -0.15) is 0 Å². The third-order valence-corrected chi connectivity index (χ3v) is 0.489. The summed E-state index contributed by atoms with van der Waals surface area (Å²) in [7, 11) is 0. The normalized spacial score (nSPS) is 7.50. The molecule has 3 nitrogen and oxygen atoms in total. The maximum atomic E-state index is 10.1. The minimum absolute atomic E-state index is 0.0375. The molecule has 0 radical (unpaired) electrons. The van der Waals surface area contributed by atoms with Crippen molar-refractivity contribution in [3.63, 3.8) is 0 Å². The van der Waals surface area contributed by atoms with Gasteiger partial charge in [-0.15, -0.1) is 0 Å². The number of carbonyl (C=O) groups excluding carboxylic acids is 1. The monoisotopic (exact) mass is 114 g/mol. The van der Waals surface area contributed by atoms with Gasteiger partial charge >= 0.3 is 5.97 Å². The van der Waals surface area contributed by atoms with Gasteiger partial charge in [0, 0.05) is 0 Å². The van der Waals surface area contributed by atoms with E-state index in [0.717, 1.165) is 0 Å². The Bertz CT molecular complexity index is 111. The molecule has 0 aliphatic rings. The zero-order valence-corrected chi connectivity index (χ0v) is 4.26. The van der Waals surface area contributed by atoms with Crippen LogP contribution in [0.4, 0.5) is 0 Å². The molecule has 0 bridgehead atoms. The van der Waals surface area contributed by atoms with Gasteiger partial charge < -0.3 is 9.84 Å². The van der Waals surface area contributed by atoms with Crippen molar-refractivity contribution in [1.82, 2.24) is 0 Å². The van der Waals surface area contributed by atoms with Gasteiger partial charge in [-0.3, -0.25) is 4.79 Å². The Balaban J connectivity index is 3.23. The van der Waals surface area contributed by atoms with Crippen molar-refractivity contribution in [2.24, 2.45) is 0 Å². The van der Waals surface area contributed by atoms with Gasteiger partial charge in [0.1, 0.15) is 6.11 Å². The second-order valence-corrected chi connectivity index (χ2v) is 1.07. The second-order valence-electron chi connectivity index (χ2n) is 1.07. The highest BCUT2D eigenvalue weighted by atomic mass is 16.5. The highest BCUT2D eigenvalue weighted by molar-refractivity contribution is 5.70. The van der Waals surface area contributed by atoms with Crippen molar-refractivity contribution in [2.45, 2.75) is 6.42 Å². The Labute approximate surface area is 47.3 Å². The van der Waals surface area contributed by atoms with E-state index >= 15 is 0 Å². The average Bonchev–Trinajstić information content (AvgIpc) is 1.68. The molecule has 44 valence electrons. The minimum Gasteiger partial charge on any atom is -0.396 e. The van der Waals surface area contributed by atoms with E-state index in [1.165, 1.54) is 0 Å². The summed E-state index contributed by atoms with van der Waals surface area (Å²) in [5, 5.41) is 8.09. The SMILES string of the molecule is C#COC(=O)CCO. The standard InChI is InChI=1S/C5H6O3/c1-2-8-5(7)3-4-6/h1,6H,3-4H2. The van der Waals surface area contributed by atoms with Crippen LogP contribution in [-0.4, -0.2) is 17.7 Å². The molecular weight excluding hydrogens is 108 g/mol. The molecule has 0 aromatic rings. The summed E-state index contributed by atoms with van der Waals surface area (Å²) < 4.78 is 4.01. The van der Waals surface area contributed by atoms with Gasteiger partial charge in [0.05, 0.1) is 13.0 Å². The van der Waals surface area contributed by atoms with Gasteiger partial charge in [0.15, 0.2) is 0 Å². The first kappa shape index (κ1) is 6.99. The second kappa shape index (κ2) is 4.16. The number of aliphatic hydroxyl groups is 1. The molecule has 0 spiro atoms. The van der Waals surface area contributed by atoms with E-state index < -0.39 is 5.97 Å². The molecular formula is C5H6O3. The number of hydrogen-bond acceptors (Lipinski definition) is 3. The molecule has 0 amide bonds. The van der Waals surface area contributed by atoms with Crippen molar-refractivity contribution in [1.29, 1.82) is 0 Å². The van der Waals surface area contributed by atoms with E-state index in [0.29, 0.717) is 0 Å². The third kappa shape index (κ3) is 3.19. The van der Waals surface area contributed by atoms with Crippen molar-refractivity contribution < 1.29 is 14.6 Å². The van der Waals surface area contributed by atoms with Crippen LogP contribution in [0.3, 0.4) is 0 Å². The molecule has 0 aromatic carbocycles. The molecule has 0 saturated heterocycles. The van der Waals surface area contributed by atoms with Gasteiger partial charge in [0.25, 0.3) is 0 Å². The first-order chi connectivity index (χ1) is 3.81. The number of esters is 1. The van der Waals surface area contributed by atoms with Crippen molar-refractivity contribution >= 4 is 5.97 Å². The fraction of sp³-hybridized carbons (Fsp3) is 0.400. The molecule has 0 fully saturated rings. The van der Waals surface area contributed by atoms with E-state index in [9.17, 15) is 4.79 Å². The van der Waals surface area contributed by atoms with Crippen LogP contribution < -0.4 is 0 Å². The van der Waals surface area contributed by atoms with Crippen molar-refractivity contribution in [3.05, 3.63) is 0 Å². The van der Waals surface area contributed by atoms with Crippen molar-refractivity contribution in [2.75, 3.05) is 6.61 Å².